The van der Waals surface area contributed by atoms with Crippen LogP contribution in [-0.4, -0.2) is 0 Å². The molecule has 0 N–H and O–H groups in total. The maximum Gasteiger partial charge on any atom is 0.0887 e. The molecule has 0 amide bonds. The first-order chi connectivity index (χ1) is 19.3. The molecule has 0 aliphatic rings. The summed E-state index contributed by atoms with van der Waals surface area (Å²) in [6.45, 7) is 0. The van der Waals surface area contributed by atoms with Crippen molar-refractivity contribution in [2.75, 3.05) is 9.80 Å². The summed E-state index contributed by atoms with van der Waals surface area (Å²) < 4.78 is 0. The molecule has 6 aromatic carbocycles. The predicted octanol–water partition coefficient (Wildman–Crippen LogP) is 10.9. The zero-order chi connectivity index (χ0) is 26.4. The van der Waals surface area contributed by atoms with Crippen LogP contribution in [0, 0.1) is 0 Å². The molecule has 0 heterocycles. The highest BCUT2D eigenvalue weighted by atomic mass is 35.5. The van der Waals surface area contributed by atoms with E-state index in [4.69, 9.17) is 11.6 Å². The number of anilines is 6. The lowest BCUT2D eigenvalue weighted by Gasteiger charge is -2.31. The van der Waals surface area contributed by atoms with Gasteiger partial charge in [0, 0.05) is 22.7 Å². The maximum atomic E-state index is 7.47. The van der Waals surface area contributed by atoms with Gasteiger partial charge >= 0.3 is 0 Å². The third-order valence-electron chi connectivity index (χ3n) is 6.68. The third-order valence-corrected chi connectivity index (χ3v) is 7.07. The van der Waals surface area contributed by atoms with E-state index in [0.717, 1.165) is 45.3 Å². The summed E-state index contributed by atoms with van der Waals surface area (Å²) >= 11 is 7.47. The second kappa shape index (κ2) is 11.3. The molecule has 3 heteroatoms. The third kappa shape index (κ3) is 5.16. The Balaban J connectivity index is 1.66. The Bertz CT molecular complexity index is 1460. The molecule has 0 aliphatic carbocycles. The summed E-state index contributed by atoms with van der Waals surface area (Å²) in [5, 5.41) is 0.662. The van der Waals surface area contributed by atoms with E-state index in [-0.39, 0.29) is 0 Å². The summed E-state index contributed by atoms with van der Waals surface area (Å²) in [5.41, 5.74) is 8.16. The van der Waals surface area contributed by atoms with E-state index in [0.29, 0.717) is 5.02 Å². The van der Waals surface area contributed by atoms with Gasteiger partial charge in [-0.05, 0) is 71.8 Å². The average molecular weight is 523 g/mol. The summed E-state index contributed by atoms with van der Waals surface area (Å²) in [4.78, 5) is 4.46. The number of hydrogen-bond donors (Lipinski definition) is 0. The van der Waals surface area contributed by atoms with Crippen molar-refractivity contribution < 1.29 is 0 Å². The van der Waals surface area contributed by atoms with Crippen molar-refractivity contribution in [1.82, 2.24) is 0 Å². The Morgan fingerprint density at radius 1 is 0.333 bits per heavy atom. The van der Waals surface area contributed by atoms with Gasteiger partial charge in [-0.3, -0.25) is 0 Å². The van der Waals surface area contributed by atoms with Crippen LogP contribution in [0.1, 0.15) is 0 Å². The molecule has 0 bridgehead atoms. The quantitative estimate of drug-likeness (QED) is 0.206. The number of benzene rings is 6. The van der Waals surface area contributed by atoms with Gasteiger partial charge in [0.25, 0.3) is 0 Å². The Morgan fingerprint density at radius 3 is 0.923 bits per heavy atom. The molecule has 6 aromatic rings. The fourth-order valence-electron chi connectivity index (χ4n) is 4.88. The summed E-state index contributed by atoms with van der Waals surface area (Å²) in [5.74, 6) is 0. The van der Waals surface area contributed by atoms with Gasteiger partial charge < -0.3 is 9.80 Å². The van der Waals surface area contributed by atoms with Gasteiger partial charge in [0.05, 0.1) is 16.4 Å². The first-order valence-electron chi connectivity index (χ1n) is 13.0. The number of hydrogen-bond acceptors (Lipinski definition) is 2. The number of rotatable bonds is 7. The Morgan fingerprint density at radius 2 is 0.615 bits per heavy atom. The van der Waals surface area contributed by atoms with Crippen molar-refractivity contribution in [3.63, 3.8) is 0 Å². The van der Waals surface area contributed by atoms with E-state index in [2.05, 4.69) is 143 Å². The lowest BCUT2D eigenvalue weighted by atomic mass is 10.0. The van der Waals surface area contributed by atoms with E-state index >= 15 is 0 Å². The van der Waals surface area contributed by atoms with Crippen LogP contribution in [0.5, 0.6) is 0 Å². The molecule has 6 rings (SSSR count). The van der Waals surface area contributed by atoms with Gasteiger partial charge in [0.2, 0.25) is 0 Å². The topological polar surface area (TPSA) is 6.48 Å². The van der Waals surface area contributed by atoms with E-state index in [1.54, 1.807) is 0 Å². The van der Waals surface area contributed by atoms with Crippen LogP contribution < -0.4 is 9.80 Å². The van der Waals surface area contributed by atoms with Crippen molar-refractivity contribution >= 4 is 45.7 Å². The molecular weight excluding hydrogens is 496 g/mol. The summed E-state index contributed by atoms with van der Waals surface area (Å²) in [6, 6.07) is 56.4. The lowest BCUT2D eigenvalue weighted by molar-refractivity contribution is 1.25. The van der Waals surface area contributed by atoms with Crippen LogP contribution >= 0.6 is 11.6 Å². The van der Waals surface area contributed by atoms with E-state index in [9.17, 15) is 0 Å². The second-order valence-corrected chi connectivity index (χ2v) is 9.59. The molecule has 2 nitrogen and oxygen atoms in total. The zero-order valence-corrected chi connectivity index (χ0v) is 22.1. The van der Waals surface area contributed by atoms with E-state index < -0.39 is 0 Å². The molecule has 0 saturated carbocycles. The van der Waals surface area contributed by atoms with E-state index in [1.807, 2.05) is 30.3 Å². The number of para-hydroxylation sites is 4. The number of nitrogens with zero attached hydrogens (tertiary/aromatic N) is 2. The average Bonchev–Trinajstić information content (AvgIpc) is 3.02. The van der Waals surface area contributed by atoms with Crippen LogP contribution in [0.15, 0.2) is 164 Å². The van der Waals surface area contributed by atoms with Gasteiger partial charge in [-0.2, -0.15) is 0 Å². The maximum absolute atomic E-state index is 7.47. The monoisotopic (exact) mass is 522 g/mol. The van der Waals surface area contributed by atoms with E-state index in [1.165, 1.54) is 0 Å². The Hall–Kier alpha value is -4.79. The fraction of sp³-hybridized carbons (Fsp3) is 0. The summed E-state index contributed by atoms with van der Waals surface area (Å²) in [6.07, 6.45) is 0. The van der Waals surface area contributed by atoms with Gasteiger partial charge in [-0.25, -0.2) is 0 Å². The van der Waals surface area contributed by atoms with Crippen molar-refractivity contribution in [2.24, 2.45) is 0 Å². The fourth-order valence-corrected chi connectivity index (χ4v) is 5.16. The standard InChI is InChI=1S/C36H27ClN2/c37-36-34(38(30-18-8-2-9-19-30)31-20-10-3-11-21-31)26-29(28-16-6-1-7-17-28)27-35(36)39(32-22-12-4-13-23-32)33-24-14-5-15-25-33/h1-27H. The molecule has 0 unspecified atom stereocenters. The number of halogens is 1. The molecule has 0 spiro atoms. The Labute approximate surface area is 235 Å². The molecule has 0 saturated heterocycles. The normalized spacial score (nSPS) is 10.7. The van der Waals surface area contributed by atoms with Crippen molar-refractivity contribution in [3.05, 3.63) is 169 Å². The molecule has 0 aromatic heterocycles. The largest absolute Gasteiger partial charge is 0.309 e. The van der Waals surface area contributed by atoms with Gasteiger partial charge in [0.15, 0.2) is 0 Å². The van der Waals surface area contributed by atoms with Crippen molar-refractivity contribution in [3.8, 4) is 11.1 Å². The van der Waals surface area contributed by atoms with Gasteiger partial charge in [-0.15, -0.1) is 0 Å². The molecule has 0 atom stereocenters. The van der Waals surface area contributed by atoms with Crippen LogP contribution in [0.3, 0.4) is 0 Å². The SMILES string of the molecule is Clc1c(N(c2ccccc2)c2ccccc2)cc(-c2ccccc2)cc1N(c1ccccc1)c1ccccc1. The van der Waals surface area contributed by atoms with Crippen LogP contribution in [0.4, 0.5) is 34.1 Å². The van der Waals surface area contributed by atoms with Crippen LogP contribution in [-0.2, 0) is 0 Å². The molecule has 0 radical (unpaired) electrons. The van der Waals surface area contributed by atoms with Gasteiger partial charge in [-0.1, -0.05) is 115 Å². The first-order valence-corrected chi connectivity index (χ1v) is 13.4. The highest BCUT2D eigenvalue weighted by molar-refractivity contribution is 6.37. The highest BCUT2D eigenvalue weighted by Gasteiger charge is 2.23. The van der Waals surface area contributed by atoms with Crippen LogP contribution in [0.25, 0.3) is 11.1 Å². The molecular formula is C36H27ClN2. The minimum atomic E-state index is 0.662. The smallest absolute Gasteiger partial charge is 0.0887 e. The Kier molecular flexibility index (Phi) is 7.11. The first kappa shape index (κ1) is 24.5. The second-order valence-electron chi connectivity index (χ2n) is 9.21. The molecule has 0 fully saturated rings. The minimum absolute atomic E-state index is 0.662. The van der Waals surface area contributed by atoms with Crippen molar-refractivity contribution in [1.29, 1.82) is 0 Å². The van der Waals surface area contributed by atoms with Crippen molar-refractivity contribution in [2.45, 2.75) is 0 Å². The molecule has 39 heavy (non-hydrogen) atoms. The molecule has 0 aliphatic heterocycles. The molecule has 188 valence electrons. The highest BCUT2D eigenvalue weighted by Crippen LogP contribution is 2.48. The zero-order valence-electron chi connectivity index (χ0n) is 21.4. The van der Waals surface area contributed by atoms with Crippen LogP contribution in [0.2, 0.25) is 5.02 Å². The lowest BCUT2D eigenvalue weighted by Crippen LogP contribution is -2.14. The predicted molar refractivity (Wildman–Crippen MR) is 166 cm³/mol. The minimum Gasteiger partial charge on any atom is -0.309 e. The van der Waals surface area contributed by atoms with Gasteiger partial charge in [0.1, 0.15) is 0 Å². The summed E-state index contributed by atoms with van der Waals surface area (Å²) in [7, 11) is 0.